The summed E-state index contributed by atoms with van der Waals surface area (Å²) in [6.07, 6.45) is 1.29. The number of hydrogen-bond acceptors (Lipinski definition) is 6. The standard InChI is InChI=1S/C11H18N4O3S2/c1-14-3-5-15(6-4-14)10(16)7-9-8-19-11(12-9)13-20(2,17)18/h8H,3-7H2,1-2H3,(H,12,13). The number of amides is 1. The topological polar surface area (TPSA) is 82.6 Å². The van der Waals surface area contributed by atoms with Gasteiger partial charge < -0.3 is 9.80 Å². The van der Waals surface area contributed by atoms with Crippen molar-refractivity contribution in [3.8, 4) is 0 Å². The van der Waals surface area contributed by atoms with E-state index >= 15 is 0 Å². The van der Waals surface area contributed by atoms with Crippen molar-refractivity contribution >= 4 is 32.4 Å². The number of nitrogens with zero attached hydrogens (tertiary/aromatic N) is 3. The largest absolute Gasteiger partial charge is 0.340 e. The van der Waals surface area contributed by atoms with E-state index in [2.05, 4.69) is 14.6 Å². The summed E-state index contributed by atoms with van der Waals surface area (Å²) in [5.41, 5.74) is 0.602. The Bertz CT molecular complexity index is 576. The molecule has 0 saturated carbocycles. The monoisotopic (exact) mass is 318 g/mol. The van der Waals surface area contributed by atoms with Gasteiger partial charge in [-0.05, 0) is 7.05 Å². The third kappa shape index (κ3) is 4.43. The number of carbonyl (C=O) groups excluding carboxylic acids is 1. The minimum absolute atomic E-state index is 0.0364. The fraction of sp³-hybridized carbons (Fsp3) is 0.636. The lowest BCUT2D eigenvalue weighted by Crippen LogP contribution is -2.47. The molecule has 9 heteroatoms. The number of nitrogens with one attached hydrogen (secondary N) is 1. The molecule has 1 aliphatic rings. The van der Waals surface area contributed by atoms with E-state index in [4.69, 9.17) is 0 Å². The molecule has 0 spiro atoms. The predicted molar refractivity (Wildman–Crippen MR) is 78.4 cm³/mol. The Labute approximate surface area is 122 Å². The quantitative estimate of drug-likeness (QED) is 0.833. The lowest BCUT2D eigenvalue weighted by Gasteiger charge is -2.32. The van der Waals surface area contributed by atoms with Crippen molar-refractivity contribution in [2.24, 2.45) is 0 Å². The summed E-state index contributed by atoms with van der Waals surface area (Å²) in [7, 11) is -1.29. The highest BCUT2D eigenvalue weighted by Crippen LogP contribution is 2.17. The second-order valence-electron chi connectivity index (χ2n) is 4.88. The zero-order chi connectivity index (χ0) is 14.8. The fourth-order valence-corrected chi connectivity index (χ4v) is 3.48. The van der Waals surface area contributed by atoms with Crippen LogP contribution < -0.4 is 4.72 Å². The average molecular weight is 318 g/mol. The lowest BCUT2D eigenvalue weighted by molar-refractivity contribution is -0.132. The summed E-state index contributed by atoms with van der Waals surface area (Å²) in [5, 5.41) is 2.01. The van der Waals surface area contributed by atoms with Gasteiger partial charge in [-0.1, -0.05) is 0 Å². The summed E-state index contributed by atoms with van der Waals surface area (Å²) < 4.78 is 24.5. The molecule has 1 aliphatic heterocycles. The van der Waals surface area contributed by atoms with Crippen molar-refractivity contribution in [1.82, 2.24) is 14.8 Å². The van der Waals surface area contributed by atoms with Crippen LogP contribution in [0.5, 0.6) is 0 Å². The van der Waals surface area contributed by atoms with E-state index in [0.717, 1.165) is 32.4 Å². The van der Waals surface area contributed by atoms with Gasteiger partial charge in [0.2, 0.25) is 15.9 Å². The number of thiazole rings is 1. The van der Waals surface area contributed by atoms with Gasteiger partial charge in [0.25, 0.3) is 0 Å². The third-order valence-corrected chi connectivity index (χ3v) is 4.51. The molecule has 0 atom stereocenters. The Kier molecular flexibility index (Phi) is 4.61. The average Bonchev–Trinajstić information content (AvgIpc) is 2.74. The summed E-state index contributed by atoms with van der Waals surface area (Å²) in [6, 6.07) is 0. The highest BCUT2D eigenvalue weighted by molar-refractivity contribution is 7.92. The maximum absolute atomic E-state index is 12.1. The van der Waals surface area contributed by atoms with Crippen LogP contribution in [-0.2, 0) is 21.2 Å². The van der Waals surface area contributed by atoms with Gasteiger partial charge in [-0.2, -0.15) is 0 Å². The summed E-state index contributed by atoms with van der Waals surface area (Å²) in [4.78, 5) is 20.2. The fourth-order valence-electron chi connectivity index (χ4n) is 1.92. The number of rotatable bonds is 4. The van der Waals surface area contributed by atoms with Crippen molar-refractivity contribution in [3.63, 3.8) is 0 Å². The Balaban J connectivity index is 1.91. The molecule has 0 radical (unpaired) electrons. The number of carbonyl (C=O) groups is 1. The van der Waals surface area contributed by atoms with E-state index in [1.54, 1.807) is 5.38 Å². The van der Waals surface area contributed by atoms with Crippen molar-refractivity contribution < 1.29 is 13.2 Å². The minimum atomic E-state index is -3.32. The first-order chi connectivity index (χ1) is 9.33. The van der Waals surface area contributed by atoms with Crippen LogP contribution in [0.3, 0.4) is 0 Å². The van der Waals surface area contributed by atoms with Crippen LogP contribution in [-0.4, -0.2) is 68.6 Å². The minimum Gasteiger partial charge on any atom is -0.340 e. The highest BCUT2D eigenvalue weighted by Gasteiger charge is 2.20. The maximum atomic E-state index is 12.1. The van der Waals surface area contributed by atoms with Gasteiger partial charge in [-0.3, -0.25) is 9.52 Å². The molecular weight excluding hydrogens is 300 g/mol. The Morgan fingerprint density at radius 3 is 2.65 bits per heavy atom. The van der Waals surface area contributed by atoms with Gasteiger partial charge >= 0.3 is 0 Å². The van der Waals surface area contributed by atoms with Crippen LogP contribution in [0.2, 0.25) is 0 Å². The molecule has 20 heavy (non-hydrogen) atoms. The number of likely N-dealkylation sites (N-methyl/N-ethyl adjacent to an activating group) is 1. The Morgan fingerprint density at radius 2 is 2.05 bits per heavy atom. The molecule has 0 bridgehead atoms. The summed E-state index contributed by atoms with van der Waals surface area (Å²) in [5.74, 6) is 0.0364. The number of hydrogen-bond donors (Lipinski definition) is 1. The molecule has 1 saturated heterocycles. The zero-order valence-corrected chi connectivity index (χ0v) is 13.1. The van der Waals surface area contributed by atoms with Crippen molar-refractivity contribution in [2.45, 2.75) is 6.42 Å². The maximum Gasteiger partial charge on any atom is 0.231 e. The first kappa shape index (κ1) is 15.2. The van der Waals surface area contributed by atoms with Gasteiger partial charge in [-0.15, -0.1) is 11.3 Å². The van der Waals surface area contributed by atoms with Gasteiger partial charge in [-0.25, -0.2) is 13.4 Å². The molecule has 0 aromatic carbocycles. The van der Waals surface area contributed by atoms with E-state index in [1.165, 1.54) is 11.3 Å². The van der Waals surface area contributed by atoms with E-state index < -0.39 is 10.0 Å². The third-order valence-electron chi connectivity index (χ3n) is 3.01. The molecular formula is C11H18N4O3S2. The van der Waals surface area contributed by atoms with Gasteiger partial charge in [0, 0.05) is 31.6 Å². The number of piperazine rings is 1. The van der Waals surface area contributed by atoms with E-state index in [-0.39, 0.29) is 12.3 Å². The van der Waals surface area contributed by atoms with E-state index in [0.29, 0.717) is 10.8 Å². The second-order valence-corrected chi connectivity index (χ2v) is 7.49. The molecule has 1 fully saturated rings. The number of aromatic nitrogens is 1. The van der Waals surface area contributed by atoms with Crippen LogP contribution in [0.4, 0.5) is 5.13 Å². The molecule has 1 aromatic heterocycles. The SMILES string of the molecule is CN1CCN(C(=O)Cc2csc(NS(C)(=O)=O)n2)CC1. The van der Waals surface area contributed by atoms with E-state index in [9.17, 15) is 13.2 Å². The lowest BCUT2D eigenvalue weighted by atomic mass is 10.2. The Morgan fingerprint density at radius 1 is 1.40 bits per heavy atom. The van der Waals surface area contributed by atoms with Crippen molar-refractivity contribution in [3.05, 3.63) is 11.1 Å². The predicted octanol–water partition coefficient (Wildman–Crippen LogP) is -0.169. The molecule has 112 valence electrons. The smallest absolute Gasteiger partial charge is 0.231 e. The van der Waals surface area contributed by atoms with Crippen molar-refractivity contribution in [1.29, 1.82) is 0 Å². The van der Waals surface area contributed by atoms with Crippen LogP contribution in [0.25, 0.3) is 0 Å². The number of sulfonamides is 1. The van der Waals surface area contributed by atoms with Crippen LogP contribution >= 0.6 is 11.3 Å². The summed E-state index contributed by atoms with van der Waals surface area (Å²) in [6.45, 7) is 3.22. The normalized spacial score (nSPS) is 17.2. The molecule has 0 unspecified atom stereocenters. The molecule has 7 nitrogen and oxygen atoms in total. The van der Waals surface area contributed by atoms with Crippen LogP contribution in [0.15, 0.2) is 5.38 Å². The molecule has 1 N–H and O–H groups in total. The van der Waals surface area contributed by atoms with E-state index in [1.807, 2.05) is 11.9 Å². The van der Waals surface area contributed by atoms with Crippen LogP contribution in [0, 0.1) is 0 Å². The first-order valence-electron chi connectivity index (χ1n) is 6.22. The van der Waals surface area contributed by atoms with Gasteiger partial charge in [0.1, 0.15) is 0 Å². The van der Waals surface area contributed by atoms with Crippen LogP contribution in [0.1, 0.15) is 5.69 Å². The first-order valence-corrected chi connectivity index (χ1v) is 8.99. The summed E-state index contributed by atoms with van der Waals surface area (Å²) >= 11 is 1.19. The van der Waals surface area contributed by atoms with Crippen molar-refractivity contribution in [2.75, 3.05) is 44.2 Å². The van der Waals surface area contributed by atoms with Gasteiger partial charge in [0.15, 0.2) is 5.13 Å². The second kappa shape index (κ2) is 6.06. The highest BCUT2D eigenvalue weighted by atomic mass is 32.2. The molecule has 1 aromatic rings. The Hall–Kier alpha value is -1.19. The molecule has 1 amide bonds. The molecule has 2 rings (SSSR count). The van der Waals surface area contributed by atoms with Gasteiger partial charge in [0.05, 0.1) is 18.4 Å². The molecule has 2 heterocycles. The number of anilines is 1. The zero-order valence-electron chi connectivity index (χ0n) is 11.5. The molecule has 0 aliphatic carbocycles.